The highest BCUT2D eigenvalue weighted by Gasteiger charge is 2.09. The highest BCUT2D eigenvalue weighted by Crippen LogP contribution is 2.16. The molecule has 0 atom stereocenters. The third-order valence-electron chi connectivity index (χ3n) is 3.04. The first-order valence-corrected chi connectivity index (χ1v) is 7.49. The Kier molecular flexibility index (Phi) is 5.51. The van der Waals surface area contributed by atoms with Gasteiger partial charge in [-0.3, -0.25) is 4.79 Å². The van der Waals surface area contributed by atoms with Crippen LogP contribution in [0, 0.1) is 12.7 Å². The van der Waals surface area contributed by atoms with Gasteiger partial charge in [0.15, 0.2) is 0 Å². The Bertz CT molecular complexity index is 640. The summed E-state index contributed by atoms with van der Waals surface area (Å²) in [6.07, 6.45) is 0.361. The molecule has 0 N–H and O–H groups in total. The molecule has 4 heteroatoms. The predicted octanol–water partition coefficient (Wildman–Crippen LogP) is 4.48. The normalized spacial score (nSPS) is 10.4. The molecule has 0 spiro atoms. The number of ketones is 1. The first-order valence-electron chi connectivity index (χ1n) is 6.69. The van der Waals surface area contributed by atoms with E-state index in [1.165, 1.54) is 6.07 Å². The number of hydrogen-bond donors (Lipinski definition) is 0. The lowest BCUT2D eigenvalue weighted by Crippen LogP contribution is -2.10. The smallest absolute Gasteiger partial charge is 0.140 e. The van der Waals surface area contributed by atoms with Crippen LogP contribution in [0.4, 0.5) is 4.39 Å². The molecule has 2 rings (SSSR count). The molecule has 0 amide bonds. The topological polar surface area (TPSA) is 26.3 Å². The lowest BCUT2D eigenvalue weighted by Gasteiger charge is -2.07. The van der Waals surface area contributed by atoms with Crippen molar-refractivity contribution in [2.24, 2.45) is 0 Å². The summed E-state index contributed by atoms with van der Waals surface area (Å²) in [6, 6.07) is 12.4. The van der Waals surface area contributed by atoms with Gasteiger partial charge in [-0.2, -0.15) is 0 Å². The number of aryl methyl sites for hydroxylation is 1. The maximum atomic E-state index is 13.6. The summed E-state index contributed by atoms with van der Waals surface area (Å²) in [5.41, 5.74) is 1.52. The highest BCUT2D eigenvalue weighted by molar-refractivity contribution is 9.10. The van der Waals surface area contributed by atoms with Gasteiger partial charge in [-0.25, -0.2) is 4.39 Å². The molecule has 0 unspecified atom stereocenters. The summed E-state index contributed by atoms with van der Waals surface area (Å²) in [7, 11) is 0. The van der Waals surface area contributed by atoms with Crippen LogP contribution in [-0.2, 0) is 11.2 Å². The number of ether oxygens (including phenoxy) is 1. The molecule has 21 heavy (non-hydrogen) atoms. The summed E-state index contributed by atoms with van der Waals surface area (Å²) in [5, 5.41) is 0. The molecule has 0 heterocycles. The number of hydrogen-bond acceptors (Lipinski definition) is 2. The standard InChI is InChI=1S/C17H16BrFO2/c1-12-3-2-4-16(9-12)21-8-7-15(20)10-13-5-6-14(18)11-17(13)19/h2-6,9,11H,7-8,10H2,1H3. The van der Waals surface area contributed by atoms with Crippen molar-refractivity contribution in [2.75, 3.05) is 6.61 Å². The van der Waals surface area contributed by atoms with E-state index in [1.54, 1.807) is 12.1 Å². The second-order valence-corrected chi connectivity index (χ2v) is 5.78. The Balaban J connectivity index is 1.82. The van der Waals surface area contributed by atoms with E-state index >= 15 is 0 Å². The number of benzene rings is 2. The zero-order valence-electron chi connectivity index (χ0n) is 11.7. The van der Waals surface area contributed by atoms with Crippen LogP contribution in [0.1, 0.15) is 17.5 Å². The maximum Gasteiger partial charge on any atom is 0.140 e. The zero-order valence-corrected chi connectivity index (χ0v) is 13.3. The number of carbonyl (C=O) groups excluding carboxylic acids is 1. The molecule has 2 aromatic carbocycles. The molecule has 0 aromatic heterocycles. The van der Waals surface area contributed by atoms with Gasteiger partial charge in [-0.15, -0.1) is 0 Å². The Morgan fingerprint density at radius 1 is 1.24 bits per heavy atom. The monoisotopic (exact) mass is 350 g/mol. The van der Waals surface area contributed by atoms with E-state index in [9.17, 15) is 9.18 Å². The first-order chi connectivity index (χ1) is 10.0. The summed E-state index contributed by atoms with van der Waals surface area (Å²) < 4.78 is 19.8. The van der Waals surface area contributed by atoms with Crippen LogP contribution in [0.3, 0.4) is 0 Å². The van der Waals surface area contributed by atoms with Crippen LogP contribution in [0.25, 0.3) is 0 Å². The quantitative estimate of drug-likeness (QED) is 0.767. The SMILES string of the molecule is Cc1cccc(OCCC(=O)Cc2ccc(Br)cc2F)c1. The molecule has 0 bridgehead atoms. The fourth-order valence-electron chi connectivity index (χ4n) is 1.95. The van der Waals surface area contributed by atoms with Gasteiger partial charge in [0.1, 0.15) is 17.3 Å². The number of rotatable bonds is 6. The molecular formula is C17H16BrFO2. The van der Waals surface area contributed by atoms with Crippen molar-refractivity contribution in [1.29, 1.82) is 0 Å². The third kappa shape index (κ3) is 4.97. The van der Waals surface area contributed by atoms with E-state index in [-0.39, 0.29) is 24.4 Å². The van der Waals surface area contributed by atoms with Crippen molar-refractivity contribution in [3.8, 4) is 5.75 Å². The fraction of sp³-hybridized carbons (Fsp3) is 0.235. The molecule has 0 aliphatic rings. The minimum Gasteiger partial charge on any atom is -0.493 e. The Morgan fingerprint density at radius 3 is 2.76 bits per heavy atom. The second-order valence-electron chi connectivity index (χ2n) is 4.87. The molecule has 0 fully saturated rings. The predicted molar refractivity (Wildman–Crippen MR) is 84.1 cm³/mol. The van der Waals surface area contributed by atoms with Crippen LogP contribution in [0.5, 0.6) is 5.75 Å². The highest BCUT2D eigenvalue weighted by atomic mass is 79.9. The van der Waals surface area contributed by atoms with Gasteiger partial charge in [0.2, 0.25) is 0 Å². The average Bonchev–Trinajstić information content (AvgIpc) is 2.42. The zero-order chi connectivity index (χ0) is 15.2. The number of halogens is 2. The van der Waals surface area contributed by atoms with Crippen molar-refractivity contribution in [2.45, 2.75) is 19.8 Å². The van der Waals surface area contributed by atoms with Crippen molar-refractivity contribution < 1.29 is 13.9 Å². The minimum atomic E-state index is -0.364. The molecule has 0 aliphatic carbocycles. The van der Waals surface area contributed by atoms with Gasteiger partial charge in [0.05, 0.1) is 6.61 Å². The lowest BCUT2D eigenvalue weighted by molar-refractivity contribution is -0.118. The van der Waals surface area contributed by atoms with E-state index in [0.29, 0.717) is 16.6 Å². The lowest BCUT2D eigenvalue weighted by atomic mass is 10.1. The Labute approximate surface area is 132 Å². The fourth-order valence-corrected chi connectivity index (χ4v) is 2.29. The molecule has 0 radical (unpaired) electrons. The molecule has 0 saturated heterocycles. The van der Waals surface area contributed by atoms with Gasteiger partial charge in [-0.1, -0.05) is 34.1 Å². The van der Waals surface area contributed by atoms with E-state index in [1.807, 2.05) is 31.2 Å². The number of Topliss-reactive ketones (excluding diaryl/α,β-unsaturated/α-hetero) is 1. The molecule has 2 aromatic rings. The number of carbonyl (C=O) groups is 1. The van der Waals surface area contributed by atoms with Gasteiger partial charge in [-0.05, 0) is 42.3 Å². The van der Waals surface area contributed by atoms with Gasteiger partial charge >= 0.3 is 0 Å². The molecule has 0 aliphatic heterocycles. The van der Waals surface area contributed by atoms with Gasteiger partial charge in [0.25, 0.3) is 0 Å². The Hall–Kier alpha value is -1.68. The second kappa shape index (κ2) is 7.36. The van der Waals surface area contributed by atoms with E-state index < -0.39 is 0 Å². The minimum absolute atomic E-state index is 0.0381. The van der Waals surface area contributed by atoms with Gasteiger partial charge in [0, 0.05) is 17.3 Å². The summed E-state index contributed by atoms with van der Waals surface area (Å²) in [4.78, 5) is 11.8. The van der Waals surface area contributed by atoms with E-state index in [4.69, 9.17) is 4.74 Å². The van der Waals surface area contributed by atoms with E-state index in [0.717, 1.165) is 11.3 Å². The summed E-state index contributed by atoms with van der Waals surface area (Å²) in [6.45, 7) is 2.29. The summed E-state index contributed by atoms with van der Waals surface area (Å²) >= 11 is 3.19. The first kappa shape index (κ1) is 15.7. The van der Waals surface area contributed by atoms with Crippen LogP contribution < -0.4 is 4.74 Å². The van der Waals surface area contributed by atoms with Crippen LogP contribution in [-0.4, -0.2) is 12.4 Å². The largest absolute Gasteiger partial charge is 0.493 e. The molecule has 2 nitrogen and oxygen atoms in total. The molecule has 0 saturated carbocycles. The van der Waals surface area contributed by atoms with Crippen molar-refractivity contribution >= 4 is 21.7 Å². The summed E-state index contributed by atoms with van der Waals surface area (Å²) in [5.74, 6) is 0.346. The van der Waals surface area contributed by atoms with Crippen molar-refractivity contribution in [1.82, 2.24) is 0 Å². The third-order valence-corrected chi connectivity index (χ3v) is 3.54. The van der Waals surface area contributed by atoms with Crippen molar-refractivity contribution in [3.05, 3.63) is 63.9 Å². The Morgan fingerprint density at radius 2 is 2.05 bits per heavy atom. The average molecular weight is 351 g/mol. The molecule has 110 valence electrons. The van der Waals surface area contributed by atoms with Crippen LogP contribution >= 0.6 is 15.9 Å². The molecular weight excluding hydrogens is 335 g/mol. The van der Waals surface area contributed by atoms with Crippen LogP contribution in [0.15, 0.2) is 46.9 Å². The van der Waals surface area contributed by atoms with Gasteiger partial charge < -0.3 is 4.74 Å². The maximum absolute atomic E-state index is 13.6. The van der Waals surface area contributed by atoms with Crippen molar-refractivity contribution in [3.63, 3.8) is 0 Å². The van der Waals surface area contributed by atoms with Crippen LogP contribution in [0.2, 0.25) is 0 Å². The van der Waals surface area contributed by atoms with E-state index in [2.05, 4.69) is 15.9 Å².